The Morgan fingerprint density at radius 3 is 2.42 bits per heavy atom. The van der Waals surface area contributed by atoms with Gasteiger partial charge in [0, 0.05) is 12.6 Å². The fourth-order valence-electron chi connectivity index (χ4n) is 2.25. The van der Waals surface area contributed by atoms with E-state index in [1.165, 1.54) is 25.8 Å². The van der Waals surface area contributed by atoms with Crippen LogP contribution in [0.4, 0.5) is 0 Å². The first-order valence-corrected chi connectivity index (χ1v) is 5.06. The predicted molar refractivity (Wildman–Crippen MR) is 49.0 cm³/mol. The molecule has 1 heterocycles. The number of aliphatic hydroxyl groups is 1. The van der Waals surface area contributed by atoms with E-state index in [9.17, 15) is 5.11 Å². The first-order valence-electron chi connectivity index (χ1n) is 5.06. The van der Waals surface area contributed by atoms with Gasteiger partial charge in [-0.05, 0) is 45.1 Å². The lowest BCUT2D eigenvalue weighted by atomic mass is 9.90. The van der Waals surface area contributed by atoms with E-state index in [-0.39, 0.29) is 6.10 Å². The maximum Gasteiger partial charge on any atom is 0.0723 e. The van der Waals surface area contributed by atoms with Crippen LogP contribution in [0.25, 0.3) is 0 Å². The lowest BCUT2D eigenvalue weighted by Gasteiger charge is -2.38. The maximum atomic E-state index is 9.88. The van der Waals surface area contributed by atoms with Crippen LogP contribution in [0.1, 0.15) is 33.1 Å². The molecule has 2 nitrogen and oxygen atoms in total. The number of hydrogen-bond acceptors (Lipinski definition) is 2. The van der Waals surface area contributed by atoms with Gasteiger partial charge in [-0.2, -0.15) is 0 Å². The van der Waals surface area contributed by atoms with Crippen LogP contribution in [0.5, 0.6) is 0 Å². The summed E-state index contributed by atoms with van der Waals surface area (Å²) in [5.41, 5.74) is 0.366. The summed E-state index contributed by atoms with van der Waals surface area (Å²) in [5, 5.41) is 9.88. The van der Waals surface area contributed by atoms with Crippen molar-refractivity contribution in [1.29, 1.82) is 0 Å². The lowest BCUT2D eigenvalue weighted by Crippen LogP contribution is -2.47. The van der Waals surface area contributed by atoms with Gasteiger partial charge in [0.1, 0.15) is 0 Å². The molecule has 2 rings (SSSR count). The van der Waals surface area contributed by atoms with E-state index in [1.807, 2.05) is 0 Å². The second-order valence-electron chi connectivity index (χ2n) is 4.72. The summed E-state index contributed by atoms with van der Waals surface area (Å²) in [5.74, 6) is 0. The summed E-state index contributed by atoms with van der Waals surface area (Å²) < 4.78 is 0. The molecule has 0 aromatic rings. The normalized spacial score (nSPS) is 34.5. The van der Waals surface area contributed by atoms with Gasteiger partial charge in [-0.25, -0.2) is 0 Å². The van der Waals surface area contributed by atoms with Crippen molar-refractivity contribution in [3.8, 4) is 0 Å². The molecule has 2 aliphatic rings. The van der Waals surface area contributed by atoms with Gasteiger partial charge in [0.25, 0.3) is 0 Å². The molecule has 70 valence electrons. The minimum atomic E-state index is -0.0475. The Bertz CT molecular complexity index is 175. The number of nitrogens with zero attached hydrogens (tertiary/aromatic N) is 1. The third-order valence-electron chi connectivity index (χ3n) is 3.63. The van der Waals surface area contributed by atoms with E-state index in [1.54, 1.807) is 0 Å². The quantitative estimate of drug-likeness (QED) is 0.638. The van der Waals surface area contributed by atoms with Crippen LogP contribution in [0.15, 0.2) is 0 Å². The Morgan fingerprint density at radius 2 is 2.00 bits per heavy atom. The molecular formula is C10H19NO. The summed E-state index contributed by atoms with van der Waals surface area (Å²) in [6.45, 7) is 6.50. The molecule has 0 aromatic carbocycles. The smallest absolute Gasteiger partial charge is 0.0723 e. The average Bonchev–Trinajstić information content (AvgIpc) is 2.76. The van der Waals surface area contributed by atoms with E-state index in [0.717, 1.165) is 6.54 Å². The third-order valence-corrected chi connectivity index (χ3v) is 3.63. The summed E-state index contributed by atoms with van der Waals surface area (Å²) in [7, 11) is 0. The van der Waals surface area contributed by atoms with Crippen LogP contribution in [0, 0.1) is 5.41 Å². The Hall–Kier alpha value is -0.0800. The van der Waals surface area contributed by atoms with Crippen molar-refractivity contribution in [2.45, 2.75) is 45.3 Å². The Labute approximate surface area is 74.6 Å². The van der Waals surface area contributed by atoms with Crippen molar-refractivity contribution in [2.24, 2.45) is 5.41 Å². The number of aliphatic hydroxyl groups excluding tert-OH is 1. The molecule has 12 heavy (non-hydrogen) atoms. The van der Waals surface area contributed by atoms with Gasteiger partial charge in [0.05, 0.1) is 6.10 Å². The lowest BCUT2D eigenvalue weighted by molar-refractivity contribution is -0.00289. The Balaban J connectivity index is 1.94. The Morgan fingerprint density at radius 1 is 1.33 bits per heavy atom. The van der Waals surface area contributed by atoms with Gasteiger partial charge in [-0.3, -0.25) is 4.90 Å². The highest BCUT2D eigenvalue weighted by molar-refractivity contribution is 5.03. The van der Waals surface area contributed by atoms with Crippen molar-refractivity contribution in [1.82, 2.24) is 4.90 Å². The van der Waals surface area contributed by atoms with Crippen LogP contribution in [0.3, 0.4) is 0 Å². The first kappa shape index (κ1) is 8.52. The van der Waals surface area contributed by atoms with Gasteiger partial charge in [0.15, 0.2) is 0 Å². The molecule has 2 fully saturated rings. The van der Waals surface area contributed by atoms with Crippen LogP contribution in [-0.2, 0) is 0 Å². The van der Waals surface area contributed by atoms with Crippen LogP contribution >= 0.6 is 0 Å². The van der Waals surface area contributed by atoms with Crippen molar-refractivity contribution in [3.05, 3.63) is 0 Å². The zero-order valence-corrected chi connectivity index (χ0v) is 8.08. The van der Waals surface area contributed by atoms with Crippen LogP contribution in [-0.4, -0.2) is 35.2 Å². The average molecular weight is 169 g/mol. The van der Waals surface area contributed by atoms with Crippen molar-refractivity contribution >= 4 is 0 Å². The fourth-order valence-corrected chi connectivity index (χ4v) is 2.25. The van der Waals surface area contributed by atoms with E-state index in [4.69, 9.17) is 0 Å². The van der Waals surface area contributed by atoms with Gasteiger partial charge < -0.3 is 5.11 Å². The minimum absolute atomic E-state index is 0.0475. The summed E-state index contributed by atoms with van der Waals surface area (Å²) in [4.78, 5) is 2.38. The van der Waals surface area contributed by atoms with E-state index in [0.29, 0.717) is 11.5 Å². The molecule has 1 N–H and O–H groups in total. The molecule has 1 saturated carbocycles. The molecule has 0 radical (unpaired) electrons. The van der Waals surface area contributed by atoms with Gasteiger partial charge >= 0.3 is 0 Å². The second-order valence-corrected chi connectivity index (χ2v) is 4.72. The molecule has 1 spiro atoms. The summed E-state index contributed by atoms with van der Waals surface area (Å²) >= 11 is 0. The van der Waals surface area contributed by atoms with Crippen molar-refractivity contribution in [3.63, 3.8) is 0 Å². The number of β-amino-alcohol motifs (C(OH)–C–C–N with tert-alkyl or cyclic N) is 1. The first-order chi connectivity index (χ1) is 5.64. The van der Waals surface area contributed by atoms with Gasteiger partial charge in [-0.15, -0.1) is 0 Å². The predicted octanol–water partition coefficient (Wildman–Crippen LogP) is 1.24. The topological polar surface area (TPSA) is 23.5 Å². The SMILES string of the molecule is CC(C)N1CCC2(CC2)[C@H](O)C1. The molecule has 1 atom stereocenters. The highest BCUT2D eigenvalue weighted by Crippen LogP contribution is 2.53. The molecule has 0 amide bonds. The highest BCUT2D eigenvalue weighted by Gasteiger charge is 2.51. The largest absolute Gasteiger partial charge is 0.391 e. The number of likely N-dealkylation sites (tertiary alicyclic amines) is 1. The molecule has 2 heteroatoms. The summed E-state index contributed by atoms with van der Waals surface area (Å²) in [6.07, 6.45) is 3.70. The number of piperidine rings is 1. The van der Waals surface area contributed by atoms with Crippen LogP contribution in [0.2, 0.25) is 0 Å². The Kier molecular flexibility index (Phi) is 1.92. The summed E-state index contributed by atoms with van der Waals surface area (Å²) in [6, 6.07) is 0.593. The molecule has 0 bridgehead atoms. The zero-order chi connectivity index (χ0) is 8.77. The molecule has 1 aliphatic heterocycles. The third kappa shape index (κ3) is 1.27. The molecule has 0 unspecified atom stereocenters. The number of rotatable bonds is 1. The van der Waals surface area contributed by atoms with E-state index in [2.05, 4.69) is 18.7 Å². The molecule has 1 saturated heterocycles. The van der Waals surface area contributed by atoms with E-state index >= 15 is 0 Å². The molecule has 0 aromatic heterocycles. The van der Waals surface area contributed by atoms with Gasteiger partial charge in [0.2, 0.25) is 0 Å². The minimum Gasteiger partial charge on any atom is -0.391 e. The van der Waals surface area contributed by atoms with Crippen LogP contribution < -0.4 is 0 Å². The molecule has 1 aliphatic carbocycles. The number of hydrogen-bond donors (Lipinski definition) is 1. The van der Waals surface area contributed by atoms with Crippen molar-refractivity contribution in [2.75, 3.05) is 13.1 Å². The van der Waals surface area contributed by atoms with E-state index < -0.39 is 0 Å². The maximum absolute atomic E-state index is 9.88. The van der Waals surface area contributed by atoms with Crippen molar-refractivity contribution < 1.29 is 5.11 Å². The monoisotopic (exact) mass is 169 g/mol. The zero-order valence-electron chi connectivity index (χ0n) is 8.08. The van der Waals surface area contributed by atoms with Gasteiger partial charge in [-0.1, -0.05) is 0 Å². The second kappa shape index (κ2) is 2.71. The fraction of sp³-hybridized carbons (Fsp3) is 1.00. The highest BCUT2D eigenvalue weighted by atomic mass is 16.3. The standard InChI is InChI=1S/C10H19NO/c1-8(2)11-6-5-10(3-4-10)9(12)7-11/h8-9,12H,3-7H2,1-2H3/t9-/m1/s1. The molecular weight excluding hydrogens is 150 g/mol.